The van der Waals surface area contributed by atoms with E-state index in [0.29, 0.717) is 18.0 Å². The van der Waals surface area contributed by atoms with Crippen molar-refractivity contribution in [1.82, 2.24) is 14.9 Å². The highest BCUT2D eigenvalue weighted by Gasteiger charge is 2.27. The van der Waals surface area contributed by atoms with Gasteiger partial charge in [-0.3, -0.25) is 9.59 Å². The van der Waals surface area contributed by atoms with Gasteiger partial charge in [0, 0.05) is 36.8 Å². The van der Waals surface area contributed by atoms with Gasteiger partial charge < -0.3 is 9.88 Å². The molecule has 0 aromatic carbocycles. The Hall–Kier alpha value is -1.66. The van der Waals surface area contributed by atoms with Gasteiger partial charge in [0.2, 0.25) is 0 Å². The van der Waals surface area contributed by atoms with Crippen LogP contribution in [0.25, 0.3) is 0 Å². The first-order valence-corrected chi connectivity index (χ1v) is 7.98. The molecule has 3 rings (SSSR count). The van der Waals surface area contributed by atoms with E-state index in [1.807, 2.05) is 5.38 Å². The van der Waals surface area contributed by atoms with Crippen molar-refractivity contribution < 1.29 is 4.79 Å². The predicted molar refractivity (Wildman–Crippen MR) is 82.1 cm³/mol. The zero-order chi connectivity index (χ0) is 14.8. The highest BCUT2D eigenvalue weighted by molar-refractivity contribution is 7.09. The molecule has 1 aliphatic rings. The maximum absolute atomic E-state index is 12.5. The number of piperidine rings is 1. The van der Waals surface area contributed by atoms with Crippen LogP contribution < -0.4 is 5.56 Å². The van der Waals surface area contributed by atoms with Crippen LogP contribution in [0.1, 0.15) is 34.1 Å². The molecule has 0 bridgehead atoms. The highest BCUT2D eigenvalue weighted by Crippen LogP contribution is 2.28. The van der Waals surface area contributed by atoms with Crippen LogP contribution in [-0.4, -0.2) is 33.9 Å². The normalized spacial score (nSPS) is 18.7. The highest BCUT2D eigenvalue weighted by atomic mass is 35.5. The summed E-state index contributed by atoms with van der Waals surface area (Å²) in [4.78, 5) is 32.4. The second kappa shape index (κ2) is 5.99. The van der Waals surface area contributed by atoms with E-state index in [1.165, 1.54) is 12.3 Å². The average molecular weight is 324 g/mol. The first kappa shape index (κ1) is 14.3. The number of nitrogens with one attached hydrogen (secondary N) is 1. The zero-order valence-corrected chi connectivity index (χ0v) is 12.8. The van der Waals surface area contributed by atoms with Gasteiger partial charge in [-0.15, -0.1) is 11.3 Å². The number of carbonyl (C=O) groups is 1. The van der Waals surface area contributed by atoms with Crippen molar-refractivity contribution in [2.75, 3.05) is 13.1 Å². The van der Waals surface area contributed by atoms with E-state index in [2.05, 4.69) is 9.97 Å². The molecule has 0 unspecified atom stereocenters. The Balaban J connectivity index is 1.78. The van der Waals surface area contributed by atoms with E-state index in [-0.39, 0.29) is 16.5 Å². The number of aromatic nitrogens is 2. The summed E-state index contributed by atoms with van der Waals surface area (Å²) in [7, 11) is 0. The van der Waals surface area contributed by atoms with Gasteiger partial charge in [0.15, 0.2) is 0 Å². The van der Waals surface area contributed by atoms with Crippen molar-refractivity contribution in [1.29, 1.82) is 0 Å². The smallest absolute Gasteiger partial charge is 0.266 e. The van der Waals surface area contributed by atoms with Crippen LogP contribution >= 0.6 is 22.9 Å². The molecule has 1 fully saturated rings. The number of carbonyl (C=O) groups excluding carboxylic acids is 1. The Morgan fingerprint density at radius 1 is 1.52 bits per heavy atom. The van der Waals surface area contributed by atoms with Gasteiger partial charge in [0.1, 0.15) is 5.02 Å². The van der Waals surface area contributed by atoms with Crippen molar-refractivity contribution in [3.05, 3.63) is 49.8 Å². The molecule has 21 heavy (non-hydrogen) atoms. The summed E-state index contributed by atoms with van der Waals surface area (Å²) < 4.78 is 0. The van der Waals surface area contributed by atoms with Crippen LogP contribution in [-0.2, 0) is 0 Å². The van der Waals surface area contributed by atoms with E-state index in [0.717, 1.165) is 24.4 Å². The van der Waals surface area contributed by atoms with Crippen LogP contribution in [0.2, 0.25) is 5.02 Å². The fourth-order valence-electron chi connectivity index (χ4n) is 2.56. The Bertz CT molecular complexity index is 698. The minimum absolute atomic E-state index is 0.0364. The molecule has 0 saturated carbocycles. The van der Waals surface area contributed by atoms with Crippen molar-refractivity contribution in [2.24, 2.45) is 0 Å². The standard InChI is InChI=1S/C14H14ClN3O2S/c15-11-6-10(7-17-12(11)19)14(20)18-4-1-2-9(8-18)13-16-3-5-21-13/h3,5-7,9H,1-2,4,8H2,(H,17,19)/t9-/m0/s1. The topological polar surface area (TPSA) is 66.1 Å². The summed E-state index contributed by atoms with van der Waals surface area (Å²) >= 11 is 7.41. The minimum atomic E-state index is -0.382. The van der Waals surface area contributed by atoms with Gasteiger partial charge in [-0.1, -0.05) is 11.6 Å². The summed E-state index contributed by atoms with van der Waals surface area (Å²) in [5.74, 6) is 0.190. The number of hydrogen-bond donors (Lipinski definition) is 1. The predicted octanol–water partition coefficient (Wildman–Crippen LogP) is 2.50. The largest absolute Gasteiger partial charge is 0.338 e. The lowest BCUT2D eigenvalue weighted by atomic mass is 9.98. The van der Waals surface area contributed by atoms with Gasteiger partial charge in [0.25, 0.3) is 11.5 Å². The van der Waals surface area contributed by atoms with Gasteiger partial charge in [-0.25, -0.2) is 4.98 Å². The molecule has 0 radical (unpaired) electrons. The van der Waals surface area contributed by atoms with Crippen molar-refractivity contribution in [2.45, 2.75) is 18.8 Å². The van der Waals surface area contributed by atoms with E-state index in [9.17, 15) is 9.59 Å². The molecule has 1 saturated heterocycles. The zero-order valence-electron chi connectivity index (χ0n) is 11.2. The molecule has 3 heterocycles. The van der Waals surface area contributed by atoms with Gasteiger partial charge >= 0.3 is 0 Å². The fourth-order valence-corrected chi connectivity index (χ4v) is 3.50. The van der Waals surface area contributed by atoms with Crippen LogP contribution in [0.3, 0.4) is 0 Å². The van der Waals surface area contributed by atoms with Crippen LogP contribution in [0.5, 0.6) is 0 Å². The Labute approximate surface area is 130 Å². The lowest BCUT2D eigenvalue weighted by Crippen LogP contribution is -2.39. The van der Waals surface area contributed by atoms with Crippen molar-refractivity contribution in [3.8, 4) is 0 Å². The second-order valence-corrected chi connectivity index (χ2v) is 6.36. The summed E-state index contributed by atoms with van der Waals surface area (Å²) in [5.41, 5.74) is 0.0342. The quantitative estimate of drug-likeness (QED) is 0.923. The number of H-pyrrole nitrogens is 1. The number of likely N-dealkylation sites (tertiary alicyclic amines) is 1. The van der Waals surface area contributed by atoms with Crippen LogP contribution in [0, 0.1) is 0 Å². The molecule has 1 amide bonds. The first-order valence-electron chi connectivity index (χ1n) is 6.72. The summed E-state index contributed by atoms with van der Waals surface area (Å²) in [6, 6.07) is 1.43. The summed E-state index contributed by atoms with van der Waals surface area (Å²) in [6.45, 7) is 1.38. The van der Waals surface area contributed by atoms with Crippen molar-refractivity contribution >= 4 is 28.8 Å². The third-order valence-electron chi connectivity index (χ3n) is 3.61. The molecule has 1 aliphatic heterocycles. The molecule has 1 N–H and O–H groups in total. The number of thiazole rings is 1. The number of aromatic amines is 1. The Kier molecular flexibility index (Phi) is 4.07. The van der Waals surface area contributed by atoms with E-state index in [1.54, 1.807) is 22.4 Å². The number of amides is 1. The van der Waals surface area contributed by atoms with Crippen molar-refractivity contribution in [3.63, 3.8) is 0 Å². The number of nitrogens with zero attached hydrogens (tertiary/aromatic N) is 2. The van der Waals surface area contributed by atoms with E-state index in [4.69, 9.17) is 11.6 Å². The van der Waals surface area contributed by atoms with Gasteiger partial charge in [-0.2, -0.15) is 0 Å². The lowest BCUT2D eigenvalue weighted by Gasteiger charge is -2.31. The third kappa shape index (κ3) is 3.01. The molecule has 7 heteroatoms. The number of pyridine rings is 1. The molecule has 5 nitrogen and oxygen atoms in total. The van der Waals surface area contributed by atoms with E-state index < -0.39 is 0 Å². The molecule has 2 aromatic rings. The average Bonchev–Trinajstić information content (AvgIpc) is 3.04. The summed E-state index contributed by atoms with van der Waals surface area (Å²) in [5, 5.41) is 3.07. The number of halogens is 1. The fraction of sp³-hybridized carbons (Fsp3) is 0.357. The lowest BCUT2D eigenvalue weighted by molar-refractivity contribution is 0.0706. The van der Waals surface area contributed by atoms with Crippen LogP contribution in [0.4, 0.5) is 0 Å². The molecule has 0 spiro atoms. The first-order chi connectivity index (χ1) is 10.1. The number of rotatable bonds is 2. The minimum Gasteiger partial charge on any atom is -0.338 e. The van der Waals surface area contributed by atoms with Gasteiger partial charge in [0.05, 0.1) is 10.6 Å². The molecular formula is C14H14ClN3O2S. The molecular weight excluding hydrogens is 310 g/mol. The Morgan fingerprint density at radius 3 is 3.10 bits per heavy atom. The molecule has 110 valence electrons. The molecule has 1 atom stereocenters. The maximum Gasteiger partial charge on any atom is 0.266 e. The molecule has 0 aliphatic carbocycles. The Morgan fingerprint density at radius 2 is 2.38 bits per heavy atom. The summed E-state index contributed by atoms with van der Waals surface area (Å²) in [6.07, 6.45) is 5.21. The van der Waals surface area contributed by atoms with Crippen LogP contribution in [0.15, 0.2) is 28.6 Å². The monoisotopic (exact) mass is 323 g/mol. The SMILES string of the molecule is O=C(c1c[nH]c(=O)c(Cl)c1)N1CCC[C@H](c2nccs2)C1. The van der Waals surface area contributed by atoms with Gasteiger partial charge in [-0.05, 0) is 18.9 Å². The van der Waals surface area contributed by atoms with E-state index >= 15 is 0 Å². The molecule has 2 aromatic heterocycles. The third-order valence-corrected chi connectivity index (χ3v) is 4.83. The number of hydrogen-bond acceptors (Lipinski definition) is 4. The second-order valence-electron chi connectivity index (χ2n) is 5.03. The maximum atomic E-state index is 12.5.